The molecular weight excluding hydrogens is 292 g/mol. The highest BCUT2D eigenvalue weighted by Gasteiger charge is 2.18. The molecule has 1 amide bonds. The van der Waals surface area contributed by atoms with Crippen molar-refractivity contribution in [3.05, 3.63) is 29.6 Å². The number of aromatic carboxylic acids is 1. The SMILES string of the molecule is Cc1c(C(=O)O)nnn1CC(=O)Nc1ccc2c(c1)OCO2. The molecule has 9 nitrogen and oxygen atoms in total. The quantitative estimate of drug-likeness (QED) is 0.852. The Kier molecular flexibility index (Phi) is 3.37. The van der Waals surface area contributed by atoms with E-state index in [0.29, 0.717) is 22.9 Å². The maximum Gasteiger partial charge on any atom is 0.358 e. The van der Waals surface area contributed by atoms with Gasteiger partial charge in [0.15, 0.2) is 17.2 Å². The van der Waals surface area contributed by atoms with E-state index < -0.39 is 5.97 Å². The van der Waals surface area contributed by atoms with Crippen LogP contribution in [0.5, 0.6) is 11.5 Å². The van der Waals surface area contributed by atoms with E-state index in [1.165, 1.54) is 11.6 Å². The third-order valence-electron chi connectivity index (χ3n) is 3.13. The first-order valence-corrected chi connectivity index (χ1v) is 6.37. The van der Waals surface area contributed by atoms with Crippen molar-refractivity contribution in [1.82, 2.24) is 15.0 Å². The lowest BCUT2D eigenvalue weighted by atomic mass is 10.2. The first-order chi connectivity index (χ1) is 10.5. The zero-order chi connectivity index (χ0) is 15.7. The van der Waals surface area contributed by atoms with Gasteiger partial charge in [-0.3, -0.25) is 4.79 Å². The molecule has 3 rings (SSSR count). The summed E-state index contributed by atoms with van der Waals surface area (Å²) in [5, 5.41) is 18.7. The van der Waals surface area contributed by atoms with Crippen molar-refractivity contribution in [1.29, 1.82) is 0 Å². The predicted molar refractivity (Wildman–Crippen MR) is 72.9 cm³/mol. The average Bonchev–Trinajstić information content (AvgIpc) is 3.06. The minimum Gasteiger partial charge on any atom is -0.476 e. The van der Waals surface area contributed by atoms with Gasteiger partial charge in [0, 0.05) is 11.8 Å². The number of carbonyl (C=O) groups is 2. The Morgan fingerprint density at radius 1 is 1.36 bits per heavy atom. The van der Waals surface area contributed by atoms with Gasteiger partial charge in [-0.15, -0.1) is 5.10 Å². The van der Waals surface area contributed by atoms with E-state index >= 15 is 0 Å². The van der Waals surface area contributed by atoms with Gasteiger partial charge in [0.25, 0.3) is 0 Å². The van der Waals surface area contributed by atoms with Crippen LogP contribution < -0.4 is 14.8 Å². The number of carboxylic acid groups (broad SMARTS) is 1. The maximum atomic E-state index is 12.0. The van der Waals surface area contributed by atoms with Crippen molar-refractivity contribution in [3.8, 4) is 11.5 Å². The van der Waals surface area contributed by atoms with Gasteiger partial charge >= 0.3 is 5.97 Å². The Morgan fingerprint density at radius 2 is 2.14 bits per heavy atom. The summed E-state index contributed by atoms with van der Waals surface area (Å²) in [5.74, 6) is -0.358. The molecule has 9 heteroatoms. The number of nitrogens with one attached hydrogen (secondary N) is 1. The zero-order valence-electron chi connectivity index (χ0n) is 11.6. The number of carboxylic acids is 1. The summed E-state index contributed by atoms with van der Waals surface area (Å²) < 4.78 is 11.6. The van der Waals surface area contributed by atoms with E-state index in [1.54, 1.807) is 18.2 Å². The van der Waals surface area contributed by atoms with Gasteiger partial charge < -0.3 is 19.9 Å². The molecule has 2 N–H and O–H groups in total. The number of ether oxygens (including phenoxy) is 2. The summed E-state index contributed by atoms with van der Waals surface area (Å²) in [4.78, 5) is 22.9. The van der Waals surface area contributed by atoms with Gasteiger partial charge in [0.2, 0.25) is 12.7 Å². The number of nitrogens with zero attached hydrogens (tertiary/aromatic N) is 3. The van der Waals surface area contributed by atoms with Crippen molar-refractivity contribution in [2.24, 2.45) is 0 Å². The number of aromatic nitrogens is 3. The Morgan fingerprint density at radius 3 is 2.86 bits per heavy atom. The number of rotatable bonds is 4. The maximum absolute atomic E-state index is 12.0. The Hall–Kier alpha value is -3.10. The number of benzene rings is 1. The fraction of sp³-hybridized carbons (Fsp3) is 0.231. The summed E-state index contributed by atoms with van der Waals surface area (Å²) in [6.45, 7) is 1.56. The van der Waals surface area contributed by atoms with Crippen LogP contribution >= 0.6 is 0 Å². The molecule has 0 saturated heterocycles. The van der Waals surface area contributed by atoms with Crippen LogP contribution in [-0.4, -0.2) is 38.8 Å². The lowest BCUT2D eigenvalue weighted by Gasteiger charge is -2.07. The first kappa shape index (κ1) is 13.9. The molecule has 0 atom stereocenters. The fourth-order valence-corrected chi connectivity index (χ4v) is 2.02. The molecule has 0 aliphatic carbocycles. The number of hydrogen-bond donors (Lipinski definition) is 2. The minimum atomic E-state index is -1.18. The van der Waals surface area contributed by atoms with Crippen molar-refractivity contribution < 1.29 is 24.2 Å². The van der Waals surface area contributed by atoms with Crippen molar-refractivity contribution in [2.45, 2.75) is 13.5 Å². The zero-order valence-corrected chi connectivity index (χ0v) is 11.6. The summed E-state index contributed by atoms with van der Waals surface area (Å²) >= 11 is 0. The van der Waals surface area contributed by atoms with Crippen LogP contribution in [0, 0.1) is 6.92 Å². The molecular formula is C13H12N4O5. The van der Waals surface area contributed by atoms with E-state index in [0.717, 1.165) is 0 Å². The van der Waals surface area contributed by atoms with Gasteiger partial charge in [-0.1, -0.05) is 5.21 Å². The highest BCUT2D eigenvalue weighted by atomic mass is 16.7. The fourth-order valence-electron chi connectivity index (χ4n) is 2.02. The second-order valence-corrected chi connectivity index (χ2v) is 4.60. The molecule has 1 aromatic heterocycles. The highest BCUT2D eigenvalue weighted by molar-refractivity contribution is 5.91. The average molecular weight is 304 g/mol. The van der Waals surface area contributed by atoms with Gasteiger partial charge in [-0.25, -0.2) is 9.48 Å². The highest BCUT2D eigenvalue weighted by Crippen LogP contribution is 2.34. The molecule has 2 aromatic rings. The van der Waals surface area contributed by atoms with Crippen LogP contribution in [0.25, 0.3) is 0 Å². The standard InChI is InChI=1S/C13H12N4O5/c1-7-12(13(19)20)15-16-17(7)5-11(18)14-8-2-3-9-10(4-8)22-6-21-9/h2-4H,5-6H2,1H3,(H,14,18)(H,19,20). The Labute approximate surface area is 124 Å². The van der Waals surface area contributed by atoms with E-state index in [1.807, 2.05) is 0 Å². The Bertz CT molecular complexity index is 755. The molecule has 0 bridgehead atoms. The summed E-state index contributed by atoms with van der Waals surface area (Å²) in [5.41, 5.74) is 0.690. The topological polar surface area (TPSA) is 116 Å². The van der Waals surface area contributed by atoms with Crippen LogP contribution in [0.3, 0.4) is 0 Å². The van der Waals surface area contributed by atoms with Crippen LogP contribution in [0.15, 0.2) is 18.2 Å². The van der Waals surface area contributed by atoms with Crippen molar-refractivity contribution in [2.75, 3.05) is 12.1 Å². The Balaban J connectivity index is 1.69. The van der Waals surface area contributed by atoms with E-state index in [2.05, 4.69) is 15.6 Å². The van der Waals surface area contributed by atoms with Crippen molar-refractivity contribution >= 4 is 17.6 Å². The molecule has 0 radical (unpaired) electrons. The number of anilines is 1. The molecule has 1 aliphatic heterocycles. The molecule has 0 fully saturated rings. The van der Waals surface area contributed by atoms with E-state index in [4.69, 9.17) is 14.6 Å². The number of fused-ring (bicyclic) bond motifs is 1. The lowest BCUT2D eigenvalue weighted by Crippen LogP contribution is -2.20. The molecule has 22 heavy (non-hydrogen) atoms. The van der Waals surface area contributed by atoms with Gasteiger partial charge in [-0.05, 0) is 19.1 Å². The van der Waals surface area contributed by atoms with Crippen molar-refractivity contribution in [3.63, 3.8) is 0 Å². The normalized spacial score (nSPS) is 12.2. The van der Waals surface area contributed by atoms with Crippen LogP contribution in [0.1, 0.15) is 16.2 Å². The predicted octanol–water partition coefficient (Wildman–Crippen LogP) is 0.652. The van der Waals surface area contributed by atoms with E-state index in [9.17, 15) is 9.59 Å². The molecule has 0 saturated carbocycles. The summed E-state index contributed by atoms with van der Waals surface area (Å²) in [6.07, 6.45) is 0. The number of amides is 1. The van der Waals surface area contributed by atoms with Gasteiger partial charge in [0.05, 0.1) is 5.69 Å². The van der Waals surface area contributed by atoms with Gasteiger partial charge in [-0.2, -0.15) is 0 Å². The minimum absolute atomic E-state index is 0.138. The smallest absolute Gasteiger partial charge is 0.358 e. The molecule has 2 heterocycles. The molecule has 1 aliphatic rings. The van der Waals surface area contributed by atoms with E-state index in [-0.39, 0.29) is 24.9 Å². The van der Waals surface area contributed by atoms with Crippen LogP contribution in [0.2, 0.25) is 0 Å². The third-order valence-corrected chi connectivity index (χ3v) is 3.13. The number of hydrogen-bond acceptors (Lipinski definition) is 6. The van der Waals surface area contributed by atoms with Crippen LogP contribution in [-0.2, 0) is 11.3 Å². The summed E-state index contributed by atoms with van der Waals surface area (Å²) in [6, 6.07) is 5.03. The van der Waals surface area contributed by atoms with Gasteiger partial charge in [0.1, 0.15) is 6.54 Å². The molecule has 0 unspecified atom stereocenters. The second kappa shape index (κ2) is 5.35. The number of carbonyl (C=O) groups excluding carboxylic acids is 1. The second-order valence-electron chi connectivity index (χ2n) is 4.60. The molecule has 114 valence electrons. The first-order valence-electron chi connectivity index (χ1n) is 6.37. The van der Waals surface area contributed by atoms with Crippen LogP contribution in [0.4, 0.5) is 5.69 Å². The largest absolute Gasteiger partial charge is 0.476 e. The third kappa shape index (κ3) is 2.55. The molecule has 0 spiro atoms. The lowest BCUT2D eigenvalue weighted by molar-refractivity contribution is -0.117. The molecule has 1 aromatic carbocycles. The monoisotopic (exact) mass is 304 g/mol. The summed E-state index contributed by atoms with van der Waals surface area (Å²) in [7, 11) is 0.